The molecule has 3 heterocycles. The minimum Gasteiger partial charge on any atom is -0.387 e. The molecule has 1 N–H and O–H groups in total. The molecule has 8 heteroatoms. The van der Waals surface area contributed by atoms with Crippen LogP contribution in [0.3, 0.4) is 0 Å². The van der Waals surface area contributed by atoms with Crippen molar-refractivity contribution in [2.24, 2.45) is 0 Å². The first-order chi connectivity index (χ1) is 10.5. The number of hydrogen-bond acceptors (Lipinski definition) is 7. The van der Waals surface area contributed by atoms with Gasteiger partial charge in [-0.15, -0.1) is 5.10 Å². The molecule has 2 aromatic heterocycles. The maximum absolute atomic E-state index is 10.8. The second kappa shape index (κ2) is 6.13. The first-order valence-electron chi connectivity index (χ1n) is 7.65. The Bertz CT molecular complexity index is 596. The van der Waals surface area contributed by atoms with Crippen molar-refractivity contribution >= 4 is 0 Å². The van der Waals surface area contributed by atoms with Gasteiger partial charge in [0.2, 0.25) is 5.89 Å². The van der Waals surface area contributed by atoms with Gasteiger partial charge in [-0.2, -0.15) is 4.98 Å². The molecule has 0 saturated carbocycles. The van der Waals surface area contributed by atoms with Crippen LogP contribution < -0.4 is 0 Å². The van der Waals surface area contributed by atoms with Crippen LogP contribution in [-0.2, 0) is 13.1 Å². The summed E-state index contributed by atoms with van der Waals surface area (Å²) < 4.78 is 6.91. The molecule has 0 amide bonds. The van der Waals surface area contributed by atoms with E-state index in [1.165, 1.54) is 0 Å². The van der Waals surface area contributed by atoms with Crippen LogP contribution in [0.25, 0.3) is 0 Å². The molecule has 0 bridgehead atoms. The highest BCUT2D eigenvalue weighted by atomic mass is 16.5. The molecule has 22 heavy (non-hydrogen) atoms. The van der Waals surface area contributed by atoms with Gasteiger partial charge in [0.15, 0.2) is 5.82 Å². The molecule has 1 atom stereocenters. The number of aliphatic hydroxyl groups is 1. The zero-order valence-corrected chi connectivity index (χ0v) is 13.0. The van der Waals surface area contributed by atoms with Crippen LogP contribution in [0.2, 0.25) is 0 Å². The van der Waals surface area contributed by atoms with Gasteiger partial charge in [-0.25, -0.2) is 4.68 Å². The molecule has 1 aliphatic rings. The van der Waals surface area contributed by atoms with Crippen LogP contribution in [0.15, 0.2) is 16.9 Å². The number of piperidine rings is 1. The van der Waals surface area contributed by atoms with Gasteiger partial charge in [-0.1, -0.05) is 24.2 Å². The topological polar surface area (TPSA) is 93.1 Å². The predicted molar refractivity (Wildman–Crippen MR) is 77.9 cm³/mol. The fourth-order valence-electron chi connectivity index (χ4n) is 2.85. The summed E-state index contributed by atoms with van der Waals surface area (Å²) in [7, 11) is 0. The smallest absolute Gasteiger partial charge is 0.229 e. The summed E-state index contributed by atoms with van der Waals surface area (Å²) >= 11 is 0. The molecule has 1 unspecified atom stereocenters. The van der Waals surface area contributed by atoms with Gasteiger partial charge in [-0.3, -0.25) is 4.90 Å². The Balaban J connectivity index is 1.62. The Labute approximate surface area is 129 Å². The van der Waals surface area contributed by atoms with Crippen LogP contribution in [-0.4, -0.2) is 53.8 Å². The summed E-state index contributed by atoms with van der Waals surface area (Å²) in [5.74, 6) is 1.56. The number of rotatable bonds is 5. The summed E-state index contributed by atoms with van der Waals surface area (Å²) in [4.78, 5) is 6.56. The van der Waals surface area contributed by atoms with Gasteiger partial charge in [0.1, 0.15) is 0 Å². The number of hydrogen-bond donors (Lipinski definition) is 1. The predicted octanol–water partition coefficient (Wildman–Crippen LogP) is 0.812. The van der Waals surface area contributed by atoms with Crippen LogP contribution in [0.1, 0.15) is 44.3 Å². The number of aromatic nitrogens is 5. The molecule has 120 valence electrons. The minimum absolute atomic E-state index is 0.229. The molecule has 0 aliphatic carbocycles. The highest BCUT2D eigenvalue weighted by Gasteiger charge is 2.34. The summed E-state index contributed by atoms with van der Waals surface area (Å²) in [5.41, 5.74) is -0.795. The number of likely N-dealkylation sites (tertiary alicyclic amines) is 1. The lowest BCUT2D eigenvalue weighted by molar-refractivity contribution is -0.0485. The summed E-state index contributed by atoms with van der Waals surface area (Å²) in [5, 5.41) is 22.5. The van der Waals surface area contributed by atoms with Crippen molar-refractivity contribution in [3.05, 3.63) is 24.1 Å². The van der Waals surface area contributed by atoms with Gasteiger partial charge < -0.3 is 9.63 Å². The quantitative estimate of drug-likeness (QED) is 0.873. The molecule has 2 aromatic rings. The molecule has 8 nitrogen and oxygen atoms in total. The third kappa shape index (κ3) is 3.50. The van der Waals surface area contributed by atoms with Gasteiger partial charge in [-0.05, 0) is 19.4 Å². The van der Waals surface area contributed by atoms with Gasteiger partial charge >= 0.3 is 0 Å². The highest BCUT2D eigenvalue weighted by molar-refractivity contribution is 4.93. The maximum Gasteiger partial charge on any atom is 0.229 e. The van der Waals surface area contributed by atoms with Crippen molar-refractivity contribution in [2.75, 3.05) is 13.1 Å². The molecular weight excluding hydrogens is 284 g/mol. The van der Waals surface area contributed by atoms with Crippen LogP contribution >= 0.6 is 0 Å². The Morgan fingerprint density at radius 2 is 2.32 bits per heavy atom. The van der Waals surface area contributed by atoms with Gasteiger partial charge in [0.25, 0.3) is 0 Å². The fraction of sp³-hybridized carbons (Fsp3) is 0.714. The summed E-state index contributed by atoms with van der Waals surface area (Å²) in [6.07, 6.45) is 5.08. The molecule has 0 spiro atoms. The number of nitrogens with zero attached hydrogens (tertiary/aromatic N) is 6. The Hall–Kier alpha value is -1.80. The second-order valence-electron chi connectivity index (χ2n) is 6.34. The third-order valence-electron chi connectivity index (χ3n) is 3.91. The monoisotopic (exact) mass is 306 g/mol. The van der Waals surface area contributed by atoms with E-state index in [0.29, 0.717) is 31.3 Å². The van der Waals surface area contributed by atoms with Crippen LogP contribution in [0.5, 0.6) is 0 Å². The van der Waals surface area contributed by atoms with Crippen molar-refractivity contribution in [1.82, 2.24) is 30.0 Å². The van der Waals surface area contributed by atoms with E-state index in [-0.39, 0.29) is 5.92 Å². The number of β-amino-alcohol motifs (C(OH)–C–C–N with tert-alkyl or cyclic N) is 1. The lowest BCUT2D eigenvalue weighted by Gasteiger charge is -2.38. The fourth-order valence-corrected chi connectivity index (χ4v) is 2.85. The summed E-state index contributed by atoms with van der Waals surface area (Å²) in [6, 6.07) is 0. The lowest BCUT2D eigenvalue weighted by atomic mass is 9.93. The van der Waals surface area contributed by atoms with E-state index < -0.39 is 5.60 Å². The maximum atomic E-state index is 10.8. The highest BCUT2D eigenvalue weighted by Crippen LogP contribution is 2.24. The molecule has 1 aliphatic heterocycles. The minimum atomic E-state index is -0.795. The zero-order chi connectivity index (χ0) is 15.6. The largest absolute Gasteiger partial charge is 0.387 e. The van der Waals surface area contributed by atoms with Crippen LogP contribution in [0, 0.1) is 0 Å². The molecule has 0 aromatic carbocycles. The first kappa shape index (κ1) is 15.1. The Morgan fingerprint density at radius 1 is 1.45 bits per heavy atom. The van der Waals surface area contributed by atoms with E-state index >= 15 is 0 Å². The zero-order valence-electron chi connectivity index (χ0n) is 13.0. The SMILES string of the molecule is CC(C)c1nc(CN2CCCC(O)(Cn3ccnn3)C2)no1. The Morgan fingerprint density at radius 3 is 3.00 bits per heavy atom. The molecule has 1 saturated heterocycles. The lowest BCUT2D eigenvalue weighted by Crippen LogP contribution is -2.50. The van der Waals surface area contributed by atoms with E-state index in [9.17, 15) is 5.11 Å². The van der Waals surface area contributed by atoms with Crippen molar-refractivity contribution < 1.29 is 9.63 Å². The van der Waals surface area contributed by atoms with Crippen molar-refractivity contribution in [1.29, 1.82) is 0 Å². The normalized spacial score (nSPS) is 23.3. The van der Waals surface area contributed by atoms with Gasteiger partial charge in [0, 0.05) is 18.7 Å². The molecule has 1 fully saturated rings. The van der Waals surface area contributed by atoms with E-state index in [1.807, 2.05) is 13.8 Å². The van der Waals surface area contributed by atoms with Crippen molar-refractivity contribution in [2.45, 2.75) is 51.3 Å². The first-order valence-corrected chi connectivity index (χ1v) is 7.65. The van der Waals surface area contributed by atoms with E-state index in [2.05, 4.69) is 25.4 Å². The summed E-state index contributed by atoms with van der Waals surface area (Å²) in [6.45, 7) is 6.58. The average Bonchev–Trinajstić information content (AvgIpc) is 3.10. The van der Waals surface area contributed by atoms with E-state index in [4.69, 9.17) is 4.52 Å². The van der Waals surface area contributed by atoms with Gasteiger partial charge in [0.05, 0.1) is 24.9 Å². The Kier molecular flexibility index (Phi) is 4.21. The van der Waals surface area contributed by atoms with Crippen LogP contribution in [0.4, 0.5) is 0 Å². The molecule has 0 radical (unpaired) electrons. The standard InChI is InChI=1S/C14H22N6O2/c1-11(2)13-16-12(17-22-13)8-19-6-3-4-14(21,9-19)10-20-7-5-15-18-20/h5,7,11,21H,3-4,6,8-10H2,1-2H3. The average molecular weight is 306 g/mol. The second-order valence-corrected chi connectivity index (χ2v) is 6.34. The van der Waals surface area contributed by atoms with E-state index in [0.717, 1.165) is 19.4 Å². The van der Waals surface area contributed by atoms with Crippen molar-refractivity contribution in [3.8, 4) is 0 Å². The molecular formula is C14H22N6O2. The van der Waals surface area contributed by atoms with E-state index in [1.54, 1.807) is 17.1 Å². The van der Waals surface area contributed by atoms with Crippen molar-refractivity contribution in [3.63, 3.8) is 0 Å². The third-order valence-corrected chi connectivity index (χ3v) is 3.91. The molecule has 3 rings (SSSR count).